The fourth-order valence-electron chi connectivity index (χ4n) is 2.01. The zero-order valence-electron chi connectivity index (χ0n) is 14.1. The highest BCUT2D eigenvalue weighted by atomic mass is 16.5. The van der Waals surface area contributed by atoms with E-state index in [0.717, 1.165) is 31.3 Å². The Balaban J connectivity index is 2.59. The minimum atomic E-state index is -0.509. The number of carbonyl (C=O) groups excluding carboxylic acids is 2. The summed E-state index contributed by atoms with van der Waals surface area (Å²) in [5.41, 5.74) is 1.44. The molecule has 0 bridgehead atoms. The molecule has 1 aromatic carbocycles. The van der Waals surface area contributed by atoms with Crippen molar-refractivity contribution in [3.8, 4) is 0 Å². The van der Waals surface area contributed by atoms with E-state index in [-0.39, 0.29) is 17.7 Å². The molecule has 0 atom stereocenters. The largest absolute Gasteiger partial charge is 0.462 e. The van der Waals surface area contributed by atoms with Gasteiger partial charge in [-0.3, -0.25) is 0 Å². The van der Waals surface area contributed by atoms with Gasteiger partial charge in [-0.15, -0.1) is 6.58 Å². The van der Waals surface area contributed by atoms with Crippen molar-refractivity contribution in [1.29, 1.82) is 0 Å². The van der Waals surface area contributed by atoms with E-state index in [2.05, 4.69) is 13.5 Å². The van der Waals surface area contributed by atoms with Gasteiger partial charge in [-0.25, -0.2) is 9.59 Å². The van der Waals surface area contributed by atoms with Crippen molar-refractivity contribution in [2.75, 3.05) is 13.2 Å². The van der Waals surface area contributed by atoms with Crippen LogP contribution in [0.15, 0.2) is 36.4 Å². The van der Waals surface area contributed by atoms with Crippen molar-refractivity contribution in [1.82, 2.24) is 0 Å². The Kier molecular flexibility index (Phi) is 8.73. The van der Waals surface area contributed by atoms with Crippen molar-refractivity contribution in [3.63, 3.8) is 0 Å². The molecule has 0 fully saturated rings. The lowest BCUT2D eigenvalue weighted by atomic mass is 10.1. The van der Waals surface area contributed by atoms with E-state index in [1.807, 2.05) is 6.92 Å². The molecule has 23 heavy (non-hydrogen) atoms. The van der Waals surface area contributed by atoms with E-state index in [1.54, 1.807) is 24.3 Å². The standard InChI is InChI=1S/C19H26O4/c1-4-5-6-9-13-22-18(20)16-10-7-8-11-17(16)19(21)23-14-12-15(2)3/h7-8,10-11H,2,4-6,9,12-14H2,1,3H3. The zero-order chi connectivity index (χ0) is 17.1. The van der Waals surface area contributed by atoms with Gasteiger partial charge in [0.25, 0.3) is 0 Å². The summed E-state index contributed by atoms with van der Waals surface area (Å²) in [6.07, 6.45) is 4.74. The maximum absolute atomic E-state index is 12.1. The summed E-state index contributed by atoms with van der Waals surface area (Å²) in [5.74, 6) is -0.987. The van der Waals surface area contributed by atoms with Crippen LogP contribution in [0.4, 0.5) is 0 Å². The SMILES string of the molecule is C=C(C)CCOC(=O)c1ccccc1C(=O)OCCCCCC. The van der Waals surface area contributed by atoms with Crippen LogP contribution in [0.25, 0.3) is 0 Å². The van der Waals surface area contributed by atoms with E-state index in [9.17, 15) is 9.59 Å². The van der Waals surface area contributed by atoms with Crippen LogP contribution in [0.5, 0.6) is 0 Å². The predicted octanol–water partition coefficient (Wildman–Crippen LogP) is 4.55. The first kappa shape index (κ1) is 18.9. The van der Waals surface area contributed by atoms with Gasteiger partial charge < -0.3 is 9.47 Å². The van der Waals surface area contributed by atoms with Crippen molar-refractivity contribution >= 4 is 11.9 Å². The molecule has 0 saturated carbocycles. The summed E-state index contributed by atoms with van der Waals surface area (Å²) in [5, 5.41) is 0. The van der Waals surface area contributed by atoms with Crippen LogP contribution in [-0.2, 0) is 9.47 Å². The molecular formula is C19H26O4. The molecule has 0 aliphatic heterocycles. The van der Waals surface area contributed by atoms with Gasteiger partial charge in [0.15, 0.2) is 0 Å². The molecule has 0 unspecified atom stereocenters. The van der Waals surface area contributed by atoms with Crippen molar-refractivity contribution in [2.45, 2.75) is 46.0 Å². The molecule has 0 spiro atoms. The Morgan fingerprint density at radius 2 is 1.52 bits per heavy atom. The van der Waals surface area contributed by atoms with Gasteiger partial charge >= 0.3 is 11.9 Å². The average Bonchev–Trinajstić information content (AvgIpc) is 2.54. The molecule has 1 aromatic rings. The fraction of sp³-hybridized carbons (Fsp3) is 0.474. The quantitative estimate of drug-likeness (QED) is 0.361. The molecule has 1 rings (SSSR count). The second-order valence-corrected chi connectivity index (χ2v) is 5.59. The van der Waals surface area contributed by atoms with Crippen molar-refractivity contribution in [2.24, 2.45) is 0 Å². The molecule has 0 aliphatic rings. The van der Waals surface area contributed by atoms with Gasteiger partial charge in [-0.1, -0.05) is 43.9 Å². The van der Waals surface area contributed by atoms with Crippen LogP contribution in [0.2, 0.25) is 0 Å². The molecule has 0 aliphatic carbocycles. The molecule has 0 aromatic heterocycles. The molecule has 4 nitrogen and oxygen atoms in total. The second kappa shape index (κ2) is 10.6. The van der Waals surface area contributed by atoms with E-state index < -0.39 is 11.9 Å². The third-order valence-electron chi connectivity index (χ3n) is 3.36. The van der Waals surface area contributed by atoms with Crippen LogP contribution < -0.4 is 0 Å². The van der Waals surface area contributed by atoms with Gasteiger partial charge in [0.05, 0.1) is 24.3 Å². The monoisotopic (exact) mass is 318 g/mol. The lowest BCUT2D eigenvalue weighted by Crippen LogP contribution is -2.15. The molecular weight excluding hydrogens is 292 g/mol. The smallest absolute Gasteiger partial charge is 0.339 e. The van der Waals surface area contributed by atoms with Gasteiger partial charge in [-0.2, -0.15) is 0 Å². The highest BCUT2D eigenvalue weighted by Gasteiger charge is 2.18. The van der Waals surface area contributed by atoms with Gasteiger partial charge in [0.1, 0.15) is 0 Å². The predicted molar refractivity (Wildman–Crippen MR) is 90.6 cm³/mol. The summed E-state index contributed by atoms with van der Waals surface area (Å²) in [4.78, 5) is 24.2. The number of benzene rings is 1. The number of unbranched alkanes of at least 4 members (excludes halogenated alkanes) is 3. The second-order valence-electron chi connectivity index (χ2n) is 5.59. The third kappa shape index (κ3) is 7.13. The topological polar surface area (TPSA) is 52.6 Å². The zero-order valence-corrected chi connectivity index (χ0v) is 14.1. The minimum Gasteiger partial charge on any atom is -0.462 e. The summed E-state index contributed by atoms with van der Waals surface area (Å²) >= 11 is 0. The molecule has 0 N–H and O–H groups in total. The molecule has 0 amide bonds. The lowest BCUT2D eigenvalue weighted by Gasteiger charge is -2.10. The van der Waals surface area contributed by atoms with Crippen LogP contribution in [0.3, 0.4) is 0 Å². The Morgan fingerprint density at radius 1 is 0.957 bits per heavy atom. The van der Waals surface area contributed by atoms with Crippen molar-refractivity contribution < 1.29 is 19.1 Å². The normalized spacial score (nSPS) is 10.2. The average molecular weight is 318 g/mol. The number of rotatable bonds is 10. The first-order chi connectivity index (χ1) is 11.1. The molecule has 126 valence electrons. The maximum atomic E-state index is 12.1. The molecule has 0 heterocycles. The Morgan fingerprint density at radius 3 is 2.04 bits per heavy atom. The summed E-state index contributed by atoms with van der Waals surface area (Å²) in [7, 11) is 0. The first-order valence-electron chi connectivity index (χ1n) is 8.14. The lowest BCUT2D eigenvalue weighted by molar-refractivity contribution is 0.0456. The summed E-state index contributed by atoms with van der Waals surface area (Å²) in [6.45, 7) is 8.39. The van der Waals surface area contributed by atoms with E-state index in [4.69, 9.17) is 9.47 Å². The third-order valence-corrected chi connectivity index (χ3v) is 3.36. The Hall–Kier alpha value is -2.10. The van der Waals surface area contributed by atoms with Crippen LogP contribution in [-0.4, -0.2) is 25.2 Å². The van der Waals surface area contributed by atoms with Crippen LogP contribution >= 0.6 is 0 Å². The highest BCUT2D eigenvalue weighted by Crippen LogP contribution is 2.13. The molecule has 0 radical (unpaired) electrons. The van der Waals surface area contributed by atoms with Gasteiger partial charge in [0.2, 0.25) is 0 Å². The van der Waals surface area contributed by atoms with Crippen LogP contribution in [0, 0.1) is 0 Å². The van der Waals surface area contributed by atoms with E-state index in [0.29, 0.717) is 13.0 Å². The Labute approximate surface area is 138 Å². The van der Waals surface area contributed by atoms with E-state index >= 15 is 0 Å². The number of hydrogen-bond acceptors (Lipinski definition) is 4. The first-order valence-corrected chi connectivity index (χ1v) is 8.14. The number of carbonyl (C=O) groups is 2. The Bertz CT molecular complexity index is 534. The van der Waals surface area contributed by atoms with Gasteiger partial charge in [0, 0.05) is 6.42 Å². The number of esters is 2. The maximum Gasteiger partial charge on any atom is 0.339 e. The van der Waals surface area contributed by atoms with Crippen molar-refractivity contribution in [3.05, 3.63) is 47.5 Å². The number of ether oxygens (including phenoxy) is 2. The highest BCUT2D eigenvalue weighted by molar-refractivity contribution is 6.03. The van der Waals surface area contributed by atoms with E-state index in [1.165, 1.54) is 0 Å². The minimum absolute atomic E-state index is 0.243. The van der Waals surface area contributed by atoms with Crippen LogP contribution in [0.1, 0.15) is 66.7 Å². The fourth-order valence-corrected chi connectivity index (χ4v) is 2.01. The molecule has 0 saturated heterocycles. The molecule has 4 heteroatoms. The number of hydrogen-bond donors (Lipinski definition) is 0. The van der Waals surface area contributed by atoms with Gasteiger partial charge in [-0.05, 0) is 25.5 Å². The summed E-state index contributed by atoms with van der Waals surface area (Å²) < 4.78 is 10.4. The summed E-state index contributed by atoms with van der Waals surface area (Å²) in [6, 6.07) is 6.58.